The van der Waals surface area contributed by atoms with Crippen molar-refractivity contribution in [3.8, 4) is 11.4 Å². The summed E-state index contributed by atoms with van der Waals surface area (Å²) >= 11 is 6.12. The fourth-order valence-corrected chi connectivity index (χ4v) is 4.80. The van der Waals surface area contributed by atoms with Gasteiger partial charge in [0.15, 0.2) is 0 Å². The monoisotopic (exact) mass is 470 g/mol. The number of rotatable bonds is 6. The van der Waals surface area contributed by atoms with Crippen molar-refractivity contribution in [1.82, 2.24) is 20.2 Å². The Morgan fingerprint density at radius 1 is 0.971 bits per heavy atom. The molecule has 4 aromatic rings. The third-order valence-electron chi connectivity index (χ3n) is 6.44. The predicted octanol–water partition coefficient (Wildman–Crippen LogP) is 5.59. The highest BCUT2D eigenvalue weighted by Gasteiger charge is 2.21. The lowest BCUT2D eigenvalue weighted by atomic mass is 9.96. The Kier molecular flexibility index (Phi) is 6.84. The number of hydrogen-bond donors (Lipinski definition) is 1. The summed E-state index contributed by atoms with van der Waals surface area (Å²) in [6, 6.07) is 23.4. The molecule has 172 valence electrons. The lowest BCUT2D eigenvalue weighted by Crippen LogP contribution is -2.38. The maximum atomic E-state index is 13.2. The molecule has 0 aliphatic carbocycles. The van der Waals surface area contributed by atoms with Crippen molar-refractivity contribution in [2.24, 2.45) is 5.92 Å². The van der Waals surface area contributed by atoms with E-state index in [0.29, 0.717) is 23.7 Å². The first-order chi connectivity index (χ1) is 16.7. The number of nitrogens with zero attached hydrogens (tertiary/aromatic N) is 3. The van der Waals surface area contributed by atoms with Gasteiger partial charge in [-0.1, -0.05) is 48.0 Å². The van der Waals surface area contributed by atoms with Crippen LogP contribution in [0.25, 0.3) is 22.3 Å². The van der Waals surface area contributed by atoms with Gasteiger partial charge in [-0.2, -0.15) is 0 Å². The summed E-state index contributed by atoms with van der Waals surface area (Å²) in [5.41, 5.74) is 4.15. The minimum atomic E-state index is -0.0582. The first-order valence-electron chi connectivity index (χ1n) is 11.7. The molecule has 0 radical (unpaired) electrons. The summed E-state index contributed by atoms with van der Waals surface area (Å²) in [5, 5.41) is 4.83. The number of fused-ring (bicyclic) bond motifs is 1. The summed E-state index contributed by atoms with van der Waals surface area (Å²) in [6.07, 6.45) is 3.87. The van der Waals surface area contributed by atoms with E-state index in [0.717, 1.165) is 54.1 Å². The SMILES string of the molecule is O=C(NCC1CCN(Cc2cccc(Cl)c2)CC1)c1cc(-c2ccccn2)nc2ccccc12. The van der Waals surface area contributed by atoms with E-state index in [1.54, 1.807) is 6.20 Å². The number of aromatic nitrogens is 2. The van der Waals surface area contributed by atoms with Crippen LogP contribution in [0, 0.1) is 5.92 Å². The van der Waals surface area contributed by atoms with E-state index in [1.807, 2.05) is 66.7 Å². The number of carbonyl (C=O) groups excluding carboxylic acids is 1. The van der Waals surface area contributed by atoms with Crippen LogP contribution >= 0.6 is 11.6 Å². The smallest absolute Gasteiger partial charge is 0.252 e. The van der Waals surface area contributed by atoms with Crippen molar-refractivity contribution in [2.45, 2.75) is 19.4 Å². The number of para-hydroxylation sites is 1. The van der Waals surface area contributed by atoms with Gasteiger partial charge in [-0.3, -0.25) is 14.7 Å². The van der Waals surface area contributed by atoms with Crippen LogP contribution in [-0.4, -0.2) is 40.4 Å². The van der Waals surface area contributed by atoms with E-state index in [9.17, 15) is 4.79 Å². The quantitative estimate of drug-likeness (QED) is 0.399. The van der Waals surface area contributed by atoms with Crippen LogP contribution in [0.15, 0.2) is 79.0 Å². The third-order valence-corrected chi connectivity index (χ3v) is 6.68. The second kappa shape index (κ2) is 10.3. The fourth-order valence-electron chi connectivity index (χ4n) is 4.58. The molecule has 2 aromatic heterocycles. The Hall–Kier alpha value is -3.28. The zero-order valence-electron chi connectivity index (χ0n) is 19.0. The second-order valence-electron chi connectivity index (χ2n) is 8.85. The van der Waals surface area contributed by atoms with Gasteiger partial charge < -0.3 is 5.32 Å². The van der Waals surface area contributed by atoms with Gasteiger partial charge in [0.1, 0.15) is 0 Å². The maximum absolute atomic E-state index is 13.2. The Bertz CT molecular complexity index is 1290. The molecule has 0 atom stereocenters. The largest absolute Gasteiger partial charge is 0.352 e. The Balaban J connectivity index is 1.23. The van der Waals surface area contributed by atoms with Crippen LogP contribution in [-0.2, 0) is 6.54 Å². The Morgan fingerprint density at radius 2 is 1.79 bits per heavy atom. The van der Waals surface area contributed by atoms with Crippen molar-refractivity contribution in [2.75, 3.05) is 19.6 Å². The molecule has 34 heavy (non-hydrogen) atoms. The molecule has 6 heteroatoms. The Morgan fingerprint density at radius 3 is 2.59 bits per heavy atom. The molecule has 0 unspecified atom stereocenters. The minimum Gasteiger partial charge on any atom is -0.352 e. The molecular formula is C28H27ClN4O. The first kappa shape index (κ1) is 22.5. The van der Waals surface area contributed by atoms with Gasteiger partial charge in [0.25, 0.3) is 5.91 Å². The summed E-state index contributed by atoms with van der Waals surface area (Å²) in [7, 11) is 0. The van der Waals surface area contributed by atoms with Crippen LogP contribution in [0.1, 0.15) is 28.8 Å². The predicted molar refractivity (Wildman–Crippen MR) is 137 cm³/mol. The number of pyridine rings is 2. The van der Waals surface area contributed by atoms with Crippen molar-refractivity contribution < 1.29 is 4.79 Å². The molecule has 1 saturated heterocycles. The zero-order valence-corrected chi connectivity index (χ0v) is 19.7. The summed E-state index contributed by atoms with van der Waals surface area (Å²) in [5.74, 6) is 0.417. The molecule has 1 amide bonds. The number of amides is 1. The molecule has 1 aliphatic rings. The van der Waals surface area contributed by atoms with Gasteiger partial charge in [0.05, 0.1) is 22.5 Å². The molecular weight excluding hydrogens is 444 g/mol. The normalized spacial score (nSPS) is 14.9. The van der Waals surface area contributed by atoms with E-state index in [1.165, 1.54) is 5.56 Å². The van der Waals surface area contributed by atoms with Gasteiger partial charge in [0.2, 0.25) is 0 Å². The van der Waals surface area contributed by atoms with E-state index in [-0.39, 0.29) is 5.91 Å². The maximum Gasteiger partial charge on any atom is 0.252 e. The lowest BCUT2D eigenvalue weighted by molar-refractivity contribution is 0.0937. The number of carbonyl (C=O) groups is 1. The van der Waals surface area contributed by atoms with E-state index in [2.05, 4.69) is 21.3 Å². The summed E-state index contributed by atoms with van der Waals surface area (Å²) < 4.78 is 0. The average molecular weight is 471 g/mol. The van der Waals surface area contributed by atoms with Crippen molar-refractivity contribution in [3.05, 3.63) is 95.1 Å². The molecule has 0 spiro atoms. The topological polar surface area (TPSA) is 58.1 Å². The summed E-state index contributed by atoms with van der Waals surface area (Å²) in [6.45, 7) is 3.64. The number of piperidine rings is 1. The zero-order chi connectivity index (χ0) is 23.3. The first-order valence-corrected chi connectivity index (χ1v) is 12.1. The molecule has 0 saturated carbocycles. The van der Waals surface area contributed by atoms with Crippen LogP contribution < -0.4 is 5.32 Å². The van der Waals surface area contributed by atoms with Gasteiger partial charge in [-0.05, 0) is 73.8 Å². The van der Waals surface area contributed by atoms with Gasteiger partial charge in [0, 0.05) is 29.7 Å². The number of benzene rings is 2. The average Bonchev–Trinajstić information content (AvgIpc) is 2.88. The van der Waals surface area contributed by atoms with Crippen molar-refractivity contribution >= 4 is 28.4 Å². The molecule has 2 aromatic carbocycles. The highest BCUT2D eigenvalue weighted by molar-refractivity contribution is 6.30. The van der Waals surface area contributed by atoms with E-state index >= 15 is 0 Å². The highest BCUT2D eigenvalue weighted by atomic mass is 35.5. The minimum absolute atomic E-state index is 0.0582. The van der Waals surface area contributed by atoms with Crippen LogP contribution in [0.5, 0.6) is 0 Å². The molecule has 0 bridgehead atoms. The standard InChI is InChI=1S/C28H27ClN4O/c29-22-7-5-6-21(16-22)19-33-14-11-20(12-15-33)18-31-28(34)24-17-27(26-10-3-4-13-30-26)32-25-9-2-1-8-23(24)25/h1-10,13,16-17,20H,11-12,14-15,18-19H2,(H,31,34). The number of likely N-dealkylation sites (tertiary alicyclic amines) is 1. The summed E-state index contributed by atoms with van der Waals surface area (Å²) in [4.78, 5) is 24.8. The van der Waals surface area contributed by atoms with Gasteiger partial charge in [-0.15, -0.1) is 0 Å². The van der Waals surface area contributed by atoms with Crippen LogP contribution in [0.2, 0.25) is 5.02 Å². The van der Waals surface area contributed by atoms with Crippen molar-refractivity contribution in [1.29, 1.82) is 0 Å². The number of hydrogen-bond acceptors (Lipinski definition) is 4. The Labute approximate surface area is 204 Å². The molecule has 5 rings (SSSR count). The number of halogens is 1. The number of nitrogens with one attached hydrogen (secondary N) is 1. The molecule has 3 heterocycles. The molecule has 1 N–H and O–H groups in total. The van der Waals surface area contributed by atoms with E-state index in [4.69, 9.17) is 16.6 Å². The lowest BCUT2D eigenvalue weighted by Gasteiger charge is -2.32. The fraction of sp³-hybridized carbons (Fsp3) is 0.250. The molecule has 1 fully saturated rings. The highest BCUT2D eigenvalue weighted by Crippen LogP contribution is 2.24. The van der Waals surface area contributed by atoms with Gasteiger partial charge in [-0.25, -0.2) is 4.98 Å². The molecule has 5 nitrogen and oxygen atoms in total. The third kappa shape index (κ3) is 5.27. The van der Waals surface area contributed by atoms with Crippen LogP contribution in [0.3, 0.4) is 0 Å². The van der Waals surface area contributed by atoms with E-state index < -0.39 is 0 Å². The second-order valence-corrected chi connectivity index (χ2v) is 9.28. The molecule has 1 aliphatic heterocycles. The van der Waals surface area contributed by atoms with Crippen LogP contribution in [0.4, 0.5) is 0 Å². The van der Waals surface area contributed by atoms with Crippen molar-refractivity contribution in [3.63, 3.8) is 0 Å². The van der Waals surface area contributed by atoms with Gasteiger partial charge >= 0.3 is 0 Å².